The molecule has 0 radical (unpaired) electrons. The number of aryl methyl sites for hydroxylation is 1. The Bertz CT molecular complexity index is 963. The Morgan fingerprint density at radius 3 is 2.91 bits per heavy atom. The van der Waals surface area contributed by atoms with Crippen LogP contribution in [-0.4, -0.2) is 25.7 Å². The molecule has 1 amide bonds. The van der Waals surface area contributed by atoms with Gasteiger partial charge in [0.05, 0.1) is 5.69 Å². The number of aromatic amines is 1. The molecule has 3 aromatic rings. The Morgan fingerprint density at radius 1 is 1.43 bits per heavy atom. The van der Waals surface area contributed by atoms with Gasteiger partial charge in [-0.25, -0.2) is 19.0 Å². The van der Waals surface area contributed by atoms with E-state index in [1.807, 2.05) is 5.32 Å². The van der Waals surface area contributed by atoms with E-state index in [0.717, 1.165) is 6.07 Å². The van der Waals surface area contributed by atoms with Crippen LogP contribution in [0.5, 0.6) is 11.5 Å². The number of anilines is 1. The average molecular weight is 318 g/mol. The van der Waals surface area contributed by atoms with Crippen molar-refractivity contribution in [3.05, 3.63) is 46.8 Å². The van der Waals surface area contributed by atoms with Gasteiger partial charge in [-0.2, -0.15) is 0 Å². The fraction of sp³-hybridized carbons (Fsp3) is 0.0714. The number of hydrogen-bond acceptors (Lipinski definition) is 4. The number of imidazole rings is 1. The van der Waals surface area contributed by atoms with Crippen molar-refractivity contribution in [1.82, 2.24) is 14.5 Å². The molecule has 0 aliphatic rings. The van der Waals surface area contributed by atoms with Crippen molar-refractivity contribution in [2.45, 2.75) is 0 Å². The second-order valence-corrected chi connectivity index (χ2v) is 4.67. The van der Waals surface area contributed by atoms with Crippen LogP contribution >= 0.6 is 0 Å². The zero-order valence-electron chi connectivity index (χ0n) is 11.8. The highest BCUT2D eigenvalue weighted by atomic mass is 19.1. The summed E-state index contributed by atoms with van der Waals surface area (Å²) in [5.74, 6) is -0.335. The first-order chi connectivity index (χ1) is 11.0. The van der Waals surface area contributed by atoms with Gasteiger partial charge in [0.1, 0.15) is 11.3 Å². The minimum absolute atomic E-state index is 0.149. The van der Waals surface area contributed by atoms with Gasteiger partial charge in [0, 0.05) is 25.4 Å². The molecule has 0 atom stereocenters. The minimum Gasteiger partial charge on any atom is -0.465 e. The topological polar surface area (TPSA) is 109 Å². The van der Waals surface area contributed by atoms with E-state index in [1.54, 1.807) is 7.05 Å². The molecule has 2 heterocycles. The van der Waals surface area contributed by atoms with Crippen LogP contribution < -0.4 is 15.7 Å². The van der Waals surface area contributed by atoms with E-state index >= 15 is 0 Å². The van der Waals surface area contributed by atoms with Crippen LogP contribution in [-0.2, 0) is 7.05 Å². The summed E-state index contributed by atoms with van der Waals surface area (Å²) in [5, 5.41) is 10.5. The molecule has 0 saturated carbocycles. The van der Waals surface area contributed by atoms with Gasteiger partial charge in [-0.05, 0) is 12.1 Å². The van der Waals surface area contributed by atoms with Crippen LogP contribution in [0.1, 0.15) is 0 Å². The molecule has 0 fully saturated rings. The summed E-state index contributed by atoms with van der Waals surface area (Å²) >= 11 is 0. The molecule has 0 spiro atoms. The van der Waals surface area contributed by atoms with Gasteiger partial charge >= 0.3 is 11.8 Å². The lowest BCUT2D eigenvalue weighted by Crippen LogP contribution is -2.12. The monoisotopic (exact) mass is 318 g/mol. The minimum atomic E-state index is -1.37. The van der Waals surface area contributed by atoms with Crippen molar-refractivity contribution in [2.24, 2.45) is 7.05 Å². The number of ether oxygens (including phenoxy) is 1. The normalized spacial score (nSPS) is 10.7. The van der Waals surface area contributed by atoms with Gasteiger partial charge in [0.25, 0.3) is 0 Å². The summed E-state index contributed by atoms with van der Waals surface area (Å²) < 4.78 is 20.7. The summed E-state index contributed by atoms with van der Waals surface area (Å²) in [5.41, 5.74) is 0.249. The predicted octanol–water partition coefficient (Wildman–Crippen LogP) is 2.28. The van der Waals surface area contributed by atoms with Gasteiger partial charge in [0.2, 0.25) is 0 Å². The van der Waals surface area contributed by atoms with Crippen molar-refractivity contribution in [3.8, 4) is 11.5 Å². The Balaban J connectivity index is 1.96. The highest BCUT2D eigenvalue weighted by Gasteiger charge is 2.12. The number of benzene rings is 1. The number of carbonyl (C=O) groups is 1. The zero-order valence-corrected chi connectivity index (χ0v) is 11.8. The number of nitrogens with zero attached hydrogens (tertiary/aromatic N) is 2. The molecule has 0 aliphatic heterocycles. The molecule has 3 N–H and O–H groups in total. The van der Waals surface area contributed by atoms with Crippen molar-refractivity contribution in [3.63, 3.8) is 0 Å². The molecule has 8 nitrogen and oxygen atoms in total. The van der Waals surface area contributed by atoms with Crippen molar-refractivity contribution >= 4 is 22.9 Å². The van der Waals surface area contributed by atoms with Gasteiger partial charge in [0.15, 0.2) is 17.2 Å². The number of nitrogens with one attached hydrogen (secondary N) is 2. The maximum absolute atomic E-state index is 13.8. The molecule has 2 aromatic heterocycles. The Kier molecular flexibility index (Phi) is 3.45. The molecule has 0 unspecified atom stereocenters. The predicted molar refractivity (Wildman–Crippen MR) is 79.5 cm³/mol. The quantitative estimate of drug-likeness (QED) is 0.686. The molecule has 0 saturated heterocycles. The standard InChI is InChI=1S/C14H11FN4O4/c1-19-12-11(18-13(19)20)10(4-5-16-12)23-7-2-3-9(8(15)6-7)17-14(21)22/h2-6,17H,1H3,(H,18,20)(H,21,22). The summed E-state index contributed by atoms with van der Waals surface area (Å²) in [6.07, 6.45) is 0.0945. The average Bonchev–Trinajstić information content (AvgIpc) is 2.78. The maximum atomic E-state index is 13.8. The number of rotatable bonds is 3. The maximum Gasteiger partial charge on any atom is 0.409 e. The van der Waals surface area contributed by atoms with Crippen molar-refractivity contribution in [1.29, 1.82) is 0 Å². The second-order valence-electron chi connectivity index (χ2n) is 4.67. The van der Waals surface area contributed by atoms with E-state index in [1.165, 1.54) is 29.0 Å². The van der Waals surface area contributed by atoms with E-state index < -0.39 is 11.9 Å². The third-order valence-electron chi connectivity index (χ3n) is 3.16. The van der Waals surface area contributed by atoms with E-state index in [2.05, 4.69) is 9.97 Å². The van der Waals surface area contributed by atoms with Gasteiger partial charge in [-0.3, -0.25) is 9.88 Å². The van der Waals surface area contributed by atoms with Crippen molar-refractivity contribution in [2.75, 3.05) is 5.32 Å². The molecule has 0 aliphatic carbocycles. The number of H-pyrrole nitrogens is 1. The Morgan fingerprint density at radius 2 is 2.22 bits per heavy atom. The number of amides is 1. The highest BCUT2D eigenvalue weighted by molar-refractivity contribution is 5.83. The number of fused-ring (bicyclic) bond motifs is 1. The van der Waals surface area contributed by atoms with Crippen LogP contribution in [0.15, 0.2) is 35.3 Å². The first-order valence-electron chi connectivity index (χ1n) is 6.47. The summed E-state index contributed by atoms with van der Waals surface area (Å²) in [4.78, 5) is 28.8. The molecule has 23 heavy (non-hydrogen) atoms. The van der Waals surface area contributed by atoms with Crippen LogP contribution in [0, 0.1) is 5.82 Å². The zero-order chi connectivity index (χ0) is 16.6. The Labute approximate surface area is 128 Å². The Hall–Kier alpha value is -3.36. The first-order valence-corrected chi connectivity index (χ1v) is 6.47. The van der Waals surface area contributed by atoms with E-state index in [9.17, 15) is 14.0 Å². The first kappa shape index (κ1) is 14.6. The van der Waals surface area contributed by atoms with Crippen molar-refractivity contribution < 1.29 is 19.0 Å². The lowest BCUT2D eigenvalue weighted by molar-refractivity contribution is 0.209. The largest absolute Gasteiger partial charge is 0.465 e. The number of pyridine rings is 1. The number of aromatic nitrogens is 3. The van der Waals surface area contributed by atoms with Gasteiger partial charge in [-0.15, -0.1) is 0 Å². The lowest BCUT2D eigenvalue weighted by Gasteiger charge is -2.08. The molecule has 9 heteroatoms. The highest BCUT2D eigenvalue weighted by Crippen LogP contribution is 2.28. The number of carboxylic acid groups (broad SMARTS) is 1. The summed E-state index contributed by atoms with van der Waals surface area (Å²) in [7, 11) is 1.56. The SMILES string of the molecule is Cn1c(=O)[nH]c2c(Oc3ccc(NC(=O)O)c(F)c3)ccnc21. The summed E-state index contributed by atoms with van der Waals surface area (Å²) in [6.45, 7) is 0. The van der Waals surface area contributed by atoms with Crippen LogP contribution in [0.25, 0.3) is 11.2 Å². The number of hydrogen-bond donors (Lipinski definition) is 3. The fourth-order valence-corrected chi connectivity index (χ4v) is 2.08. The molecule has 118 valence electrons. The smallest absolute Gasteiger partial charge is 0.409 e. The van der Waals surface area contributed by atoms with Gasteiger partial charge in [-0.1, -0.05) is 0 Å². The number of halogens is 1. The van der Waals surface area contributed by atoms with E-state index in [-0.39, 0.29) is 17.1 Å². The summed E-state index contributed by atoms with van der Waals surface area (Å²) in [6, 6.07) is 5.21. The molecular formula is C14H11FN4O4. The van der Waals surface area contributed by atoms with Gasteiger partial charge < -0.3 is 14.8 Å². The third-order valence-corrected chi connectivity index (χ3v) is 3.16. The van der Waals surface area contributed by atoms with E-state index in [0.29, 0.717) is 16.9 Å². The van der Waals surface area contributed by atoms with Crippen LogP contribution in [0.4, 0.5) is 14.9 Å². The fourth-order valence-electron chi connectivity index (χ4n) is 2.08. The lowest BCUT2D eigenvalue weighted by atomic mass is 10.3. The van der Waals surface area contributed by atoms with E-state index in [4.69, 9.17) is 9.84 Å². The van der Waals surface area contributed by atoms with Crippen LogP contribution in [0.2, 0.25) is 0 Å². The second kappa shape index (κ2) is 5.44. The molecule has 0 bridgehead atoms. The molecule has 3 rings (SSSR count). The third kappa shape index (κ3) is 2.71. The molecule has 1 aromatic carbocycles. The molecular weight excluding hydrogens is 307 g/mol. The van der Waals surface area contributed by atoms with Crippen LogP contribution in [0.3, 0.4) is 0 Å².